The largest absolute Gasteiger partial charge is 0.264 e. The van der Waals surface area contributed by atoms with Crippen LogP contribution in [-0.4, -0.2) is 29.9 Å². The molecule has 0 saturated carbocycles. The van der Waals surface area contributed by atoms with E-state index < -0.39 is 0 Å². The lowest BCUT2D eigenvalue weighted by atomic mass is 9.96. The van der Waals surface area contributed by atoms with E-state index in [0.29, 0.717) is 17.5 Å². The predicted molar refractivity (Wildman–Crippen MR) is 208 cm³/mol. The van der Waals surface area contributed by atoms with Crippen molar-refractivity contribution in [1.29, 1.82) is 0 Å². The van der Waals surface area contributed by atoms with Gasteiger partial charge in [-0.2, -0.15) is 0 Å². The molecule has 5 heterocycles. The average molecular weight is 671 g/mol. The Hall–Kier alpha value is -6.70. The van der Waals surface area contributed by atoms with Crippen molar-refractivity contribution < 1.29 is 0 Å². The molecule has 0 spiro atoms. The Labute approximate surface area is 296 Å². The summed E-state index contributed by atoms with van der Waals surface area (Å²) in [5, 5.41) is 6.18. The van der Waals surface area contributed by atoms with Crippen LogP contribution in [0.2, 0.25) is 0 Å². The Morgan fingerprint density at radius 1 is 0.392 bits per heavy atom. The zero-order valence-corrected chi connectivity index (χ0v) is 27.9. The van der Waals surface area contributed by atoms with E-state index in [-0.39, 0.29) is 0 Å². The van der Waals surface area contributed by atoms with Crippen LogP contribution in [-0.2, 0) is 0 Å². The molecule has 0 radical (unpaired) electrons. The van der Waals surface area contributed by atoms with Crippen LogP contribution in [0, 0.1) is 0 Å². The summed E-state index contributed by atoms with van der Waals surface area (Å²) in [6, 6.07) is 46.4. The number of pyridine rings is 3. The minimum atomic E-state index is 0.562. The molecule has 0 bridgehead atoms. The molecular formula is C44H26N6S. The first-order valence-corrected chi connectivity index (χ1v) is 17.5. The molecule has 51 heavy (non-hydrogen) atoms. The van der Waals surface area contributed by atoms with Gasteiger partial charge in [-0.1, -0.05) is 91.0 Å². The highest BCUT2D eigenvalue weighted by molar-refractivity contribution is 7.26. The summed E-state index contributed by atoms with van der Waals surface area (Å²) in [5.74, 6) is 1.71. The molecule has 0 atom stereocenters. The van der Waals surface area contributed by atoms with E-state index in [1.165, 1.54) is 30.9 Å². The predicted octanol–water partition coefficient (Wildman–Crippen LogP) is 11.1. The molecule has 6 nitrogen and oxygen atoms in total. The highest BCUT2D eigenvalue weighted by Crippen LogP contribution is 2.43. The smallest absolute Gasteiger partial charge is 0.165 e. The van der Waals surface area contributed by atoms with Crippen LogP contribution in [0.3, 0.4) is 0 Å². The quantitative estimate of drug-likeness (QED) is 0.170. The maximum Gasteiger partial charge on any atom is 0.165 e. The molecule has 0 aliphatic heterocycles. The molecule has 0 fully saturated rings. The van der Waals surface area contributed by atoms with Gasteiger partial charge in [-0.05, 0) is 53.6 Å². The molecule has 0 aliphatic rings. The molecule has 0 aliphatic carbocycles. The fourth-order valence-corrected chi connectivity index (χ4v) is 8.11. The topological polar surface area (TPSA) is 77.3 Å². The maximum absolute atomic E-state index is 5.26. The molecule has 5 aromatic heterocycles. The first-order chi connectivity index (χ1) is 25.3. The minimum Gasteiger partial charge on any atom is -0.264 e. The van der Waals surface area contributed by atoms with Crippen LogP contribution in [0.1, 0.15) is 0 Å². The lowest BCUT2D eigenvalue weighted by molar-refractivity contribution is 1.07. The van der Waals surface area contributed by atoms with Gasteiger partial charge < -0.3 is 0 Å². The molecule has 238 valence electrons. The fourth-order valence-electron chi connectivity index (χ4n) is 6.85. The highest BCUT2D eigenvalue weighted by Gasteiger charge is 2.17. The third kappa shape index (κ3) is 5.10. The molecule has 0 unspecified atom stereocenters. The second kappa shape index (κ2) is 12.0. The van der Waals surface area contributed by atoms with E-state index in [1.807, 2.05) is 35.6 Å². The molecule has 7 heteroatoms. The first-order valence-electron chi connectivity index (χ1n) is 16.7. The molecule has 0 amide bonds. The summed E-state index contributed by atoms with van der Waals surface area (Å²) in [6.07, 6.45) is 7.01. The second-order valence-electron chi connectivity index (χ2n) is 12.4. The van der Waals surface area contributed by atoms with Gasteiger partial charge in [0.2, 0.25) is 0 Å². The van der Waals surface area contributed by atoms with Gasteiger partial charge in [-0.25, -0.2) is 19.9 Å². The number of benzene rings is 5. The van der Waals surface area contributed by atoms with Gasteiger partial charge >= 0.3 is 0 Å². The fraction of sp³-hybridized carbons (Fsp3) is 0. The molecule has 10 rings (SSSR count). The van der Waals surface area contributed by atoms with Gasteiger partial charge in [0.1, 0.15) is 0 Å². The number of nitrogens with zero attached hydrogens (tertiary/aromatic N) is 6. The Morgan fingerprint density at radius 3 is 1.73 bits per heavy atom. The van der Waals surface area contributed by atoms with Gasteiger partial charge in [0.05, 0.1) is 11.2 Å². The summed E-state index contributed by atoms with van der Waals surface area (Å²) >= 11 is 1.86. The van der Waals surface area contributed by atoms with Crippen LogP contribution in [0.15, 0.2) is 158 Å². The molecule has 10 aromatic rings. The molecule has 0 N–H and O–H groups in total. The van der Waals surface area contributed by atoms with Crippen molar-refractivity contribution in [2.24, 2.45) is 0 Å². The minimum absolute atomic E-state index is 0.562. The summed E-state index contributed by atoms with van der Waals surface area (Å²) in [6.45, 7) is 0. The number of rotatable bonds is 5. The molecule has 0 saturated heterocycles. The molecular weight excluding hydrogens is 645 g/mol. The number of hydrogen-bond acceptors (Lipinski definition) is 7. The zero-order valence-electron chi connectivity index (χ0n) is 27.1. The van der Waals surface area contributed by atoms with Crippen molar-refractivity contribution in [2.45, 2.75) is 0 Å². The van der Waals surface area contributed by atoms with E-state index in [2.05, 4.69) is 119 Å². The van der Waals surface area contributed by atoms with E-state index in [0.717, 1.165) is 50.0 Å². The van der Waals surface area contributed by atoms with Gasteiger partial charge in [-0.3, -0.25) is 9.97 Å². The summed E-state index contributed by atoms with van der Waals surface area (Å²) in [5.41, 5.74) is 7.78. The van der Waals surface area contributed by atoms with E-state index in [4.69, 9.17) is 19.9 Å². The van der Waals surface area contributed by atoms with Crippen LogP contribution in [0.25, 0.3) is 98.4 Å². The van der Waals surface area contributed by atoms with Crippen molar-refractivity contribution >= 4 is 53.2 Å². The SMILES string of the molecule is c1cncc(-c2nc(-c3ccc(-c4cccc(-c5nc6ccccc6c6c5ccc5c7ccccc7sc56)c4)cc3)nc(-c3cccnc3)n2)c1. The van der Waals surface area contributed by atoms with E-state index in [9.17, 15) is 0 Å². The summed E-state index contributed by atoms with van der Waals surface area (Å²) in [7, 11) is 0. The Morgan fingerprint density at radius 2 is 1.00 bits per heavy atom. The monoisotopic (exact) mass is 670 g/mol. The Bertz CT molecular complexity index is 2850. The number of para-hydroxylation sites is 1. The number of thiophene rings is 1. The van der Waals surface area contributed by atoms with Crippen LogP contribution in [0.4, 0.5) is 0 Å². The van der Waals surface area contributed by atoms with Gasteiger partial charge in [0.25, 0.3) is 0 Å². The van der Waals surface area contributed by atoms with Crippen molar-refractivity contribution in [3.05, 3.63) is 158 Å². The van der Waals surface area contributed by atoms with Crippen LogP contribution >= 0.6 is 11.3 Å². The third-order valence-corrected chi connectivity index (χ3v) is 10.5. The van der Waals surface area contributed by atoms with Crippen molar-refractivity contribution in [3.8, 4) is 56.5 Å². The van der Waals surface area contributed by atoms with Crippen molar-refractivity contribution in [3.63, 3.8) is 0 Å². The summed E-state index contributed by atoms with van der Waals surface area (Å²) in [4.78, 5) is 28.3. The first kappa shape index (κ1) is 29.2. The van der Waals surface area contributed by atoms with Gasteiger partial charge in [0, 0.05) is 83.4 Å². The summed E-state index contributed by atoms with van der Waals surface area (Å²) < 4.78 is 2.60. The van der Waals surface area contributed by atoms with Crippen LogP contribution < -0.4 is 0 Å². The second-order valence-corrected chi connectivity index (χ2v) is 13.4. The third-order valence-electron chi connectivity index (χ3n) is 9.30. The van der Waals surface area contributed by atoms with Gasteiger partial charge in [0.15, 0.2) is 17.5 Å². The van der Waals surface area contributed by atoms with Crippen molar-refractivity contribution in [2.75, 3.05) is 0 Å². The maximum atomic E-state index is 5.26. The Kier molecular flexibility index (Phi) is 6.89. The number of hydrogen-bond donors (Lipinski definition) is 0. The van der Waals surface area contributed by atoms with E-state index in [1.54, 1.807) is 24.8 Å². The lowest BCUT2D eigenvalue weighted by Gasteiger charge is -2.12. The highest BCUT2D eigenvalue weighted by atomic mass is 32.1. The van der Waals surface area contributed by atoms with Crippen LogP contribution in [0.5, 0.6) is 0 Å². The normalized spacial score (nSPS) is 11.5. The number of aromatic nitrogens is 6. The lowest BCUT2D eigenvalue weighted by Crippen LogP contribution is -2.00. The average Bonchev–Trinajstić information content (AvgIpc) is 3.60. The zero-order chi connectivity index (χ0) is 33.7. The number of fused-ring (bicyclic) bond motifs is 7. The van der Waals surface area contributed by atoms with E-state index >= 15 is 0 Å². The molecule has 5 aromatic carbocycles. The Balaban J connectivity index is 1.07. The standard InChI is InChI=1S/C44H26N6S/c1-3-14-37-35(13-1)39-36(21-20-34-33-12-2-4-15-38(33)51-41(34)39)40(47-37)30-9-5-8-29(24-30)27-16-18-28(19-17-27)42-48-43(31-10-6-22-45-25-31)50-44(49-42)32-11-7-23-46-26-32/h1-26H. The van der Waals surface area contributed by atoms with Crippen molar-refractivity contribution in [1.82, 2.24) is 29.9 Å². The van der Waals surface area contributed by atoms with Gasteiger partial charge in [-0.15, -0.1) is 11.3 Å².